The fourth-order valence-electron chi connectivity index (χ4n) is 3.30. The van der Waals surface area contributed by atoms with Crippen LogP contribution in [0.25, 0.3) is 0 Å². The van der Waals surface area contributed by atoms with Gasteiger partial charge in [-0.3, -0.25) is 5.43 Å². The van der Waals surface area contributed by atoms with Crippen molar-refractivity contribution in [3.63, 3.8) is 0 Å². The number of hydrazone groups is 1. The average Bonchev–Trinajstić information content (AvgIpc) is 2.48. The largest absolute Gasteiger partial charge is 0.272 e. The van der Waals surface area contributed by atoms with E-state index in [1.807, 2.05) is 11.5 Å². The number of pyridine rings is 1. The SMILES string of the molecule is CC1(C)C2CC=C(/C=N/Nc3c(F)c(F)nc(F)c3F)C1C2. The number of allylic oxidation sites excluding steroid dienone is 2. The third-order valence-electron chi connectivity index (χ3n) is 4.90. The Morgan fingerprint density at radius 2 is 1.86 bits per heavy atom. The molecule has 0 spiro atoms. The molecule has 7 heteroatoms. The number of halogens is 4. The number of anilines is 1. The van der Waals surface area contributed by atoms with Crippen LogP contribution in [0.2, 0.25) is 0 Å². The summed E-state index contributed by atoms with van der Waals surface area (Å²) in [4.78, 5) is 2.48. The predicted molar refractivity (Wildman–Crippen MR) is 74.3 cm³/mol. The zero-order valence-electron chi connectivity index (χ0n) is 12.1. The fourth-order valence-corrected chi connectivity index (χ4v) is 3.30. The molecule has 0 aromatic carbocycles. The Balaban J connectivity index is 1.78. The summed E-state index contributed by atoms with van der Waals surface area (Å²) in [5.74, 6) is -5.62. The summed E-state index contributed by atoms with van der Waals surface area (Å²) in [6.45, 7) is 4.35. The Bertz CT molecular complexity index is 656. The molecule has 0 saturated heterocycles. The molecule has 22 heavy (non-hydrogen) atoms. The number of hydrogen-bond donors (Lipinski definition) is 1. The first-order valence-corrected chi connectivity index (χ1v) is 7.01. The zero-order chi connectivity index (χ0) is 16.1. The van der Waals surface area contributed by atoms with Crippen molar-refractivity contribution in [1.82, 2.24) is 4.98 Å². The summed E-state index contributed by atoms with van der Waals surface area (Å²) >= 11 is 0. The summed E-state index contributed by atoms with van der Waals surface area (Å²) in [7, 11) is 0. The molecule has 1 saturated carbocycles. The number of nitrogens with one attached hydrogen (secondary N) is 1. The second-order valence-electron chi connectivity index (χ2n) is 6.31. The van der Waals surface area contributed by atoms with Gasteiger partial charge in [0.25, 0.3) is 11.9 Å². The lowest BCUT2D eigenvalue weighted by Crippen LogP contribution is -2.48. The van der Waals surface area contributed by atoms with Crippen molar-refractivity contribution in [2.24, 2.45) is 22.4 Å². The lowest BCUT2D eigenvalue weighted by molar-refractivity contribution is -0.00124. The molecule has 1 aromatic rings. The van der Waals surface area contributed by atoms with Crippen molar-refractivity contribution in [3.8, 4) is 0 Å². The zero-order valence-corrected chi connectivity index (χ0v) is 12.1. The number of aromatic nitrogens is 1. The molecule has 0 radical (unpaired) electrons. The van der Waals surface area contributed by atoms with Crippen LogP contribution in [0.3, 0.4) is 0 Å². The molecule has 2 bridgehead atoms. The topological polar surface area (TPSA) is 37.3 Å². The highest BCUT2D eigenvalue weighted by atomic mass is 19.2. The maximum atomic E-state index is 13.4. The van der Waals surface area contributed by atoms with Crippen LogP contribution in [0, 0.1) is 40.8 Å². The smallest absolute Gasteiger partial charge is 0.254 e. The van der Waals surface area contributed by atoms with Crippen LogP contribution in [-0.2, 0) is 0 Å². The molecule has 0 aliphatic heterocycles. The molecular weight excluding hydrogens is 298 g/mol. The molecule has 118 valence electrons. The minimum atomic E-state index is -1.71. The average molecular weight is 313 g/mol. The summed E-state index contributed by atoms with van der Waals surface area (Å²) < 4.78 is 52.8. The number of fused-ring (bicyclic) bond motifs is 1. The second-order valence-corrected chi connectivity index (χ2v) is 6.31. The summed E-state index contributed by atoms with van der Waals surface area (Å²) in [5, 5.41) is 3.73. The van der Waals surface area contributed by atoms with Crippen LogP contribution in [0.4, 0.5) is 23.2 Å². The molecular formula is C15H15F4N3. The van der Waals surface area contributed by atoms with E-state index in [-0.39, 0.29) is 5.41 Å². The maximum Gasteiger partial charge on any atom is 0.254 e. The van der Waals surface area contributed by atoms with Gasteiger partial charge in [-0.2, -0.15) is 27.6 Å². The first-order chi connectivity index (χ1) is 10.3. The van der Waals surface area contributed by atoms with Crippen LogP contribution in [0.1, 0.15) is 26.7 Å². The van der Waals surface area contributed by atoms with E-state index in [1.165, 1.54) is 6.21 Å². The third-order valence-corrected chi connectivity index (χ3v) is 4.90. The van der Waals surface area contributed by atoms with E-state index in [0.29, 0.717) is 11.8 Å². The van der Waals surface area contributed by atoms with Crippen LogP contribution in [0.15, 0.2) is 16.8 Å². The standard InChI is InChI=1S/C15H15F4N3/c1-15(2)8-4-3-7(9(15)5-8)6-20-22-12-10(16)13(18)21-14(19)11(12)17/h3,6,8-9H,4-5H2,1-2H3,(H,21,22)/b20-6+. The molecule has 3 aliphatic carbocycles. The first kappa shape index (κ1) is 15.0. The Labute approximate surface area is 125 Å². The number of nitrogens with zero attached hydrogens (tertiary/aromatic N) is 2. The molecule has 2 unspecified atom stereocenters. The minimum absolute atomic E-state index is 0.182. The number of hydrogen-bond acceptors (Lipinski definition) is 3. The summed E-state index contributed by atoms with van der Waals surface area (Å²) in [5.41, 5.74) is 2.20. The second kappa shape index (κ2) is 5.07. The number of rotatable bonds is 3. The van der Waals surface area contributed by atoms with E-state index >= 15 is 0 Å². The van der Waals surface area contributed by atoms with E-state index in [9.17, 15) is 17.6 Å². The highest BCUT2D eigenvalue weighted by molar-refractivity contribution is 5.81. The van der Waals surface area contributed by atoms with Crippen molar-refractivity contribution in [2.75, 3.05) is 5.43 Å². The van der Waals surface area contributed by atoms with Gasteiger partial charge in [0, 0.05) is 0 Å². The first-order valence-electron chi connectivity index (χ1n) is 7.01. The monoisotopic (exact) mass is 313 g/mol. The van der Waals surface area contributed by atoms with Gasteiger partial charge in [-0.1, -0.05) is 19.9 Å². The molecule has 1 heterocycles. The Morgan fingerprint density at radius 1 is 1.23 bits per heavy atom. The van der Waals surface area contributed by atoms with E-state index < -0.39 is 29.2 Å². The Hall–Kier alpha value is -1.92. The molecule has 3 aliphatic rings. The van der Waals surface area contributed by atoms with Crippen molar-refractivity contribution in [2.45, 2.75) is 26.7 Å². The lowest BCUT2D eigenvalue weighted by Gasteiger charge is -2.55. The highest BCUT2D eigenvalue weighted by Crippen LogP contribution is 2.58. The normalized spacial score (nSPS) is 25.8. The van der Waals surface area contributed by atoms with Crippen molar-refractivity contribution >= 4 is 11.9 Å². The van der Waals surface area contributed by atoms with Gasteiger partial charge in [0.2, 0.25) is 11.6 Å². The van der Waals surface area contributed by atoms with Gasteiger partial charge in [0.15, 0.2) is 0 Å². The van der Waals surface area contributed by atoms with Crippen molar-refractivity contribution < 1.29 is 17.6 Å². The Kier molecular flexibility index (Phi) is 3.45. The van der Waals surface area contributed by atoms with Crippen LogP contribution in [-0.4, -0.2) is 11.2 Å². The van der Waals surface area contributed by atoms with Gasteiger partial charge in [0.1, 0.15) is 5.69 Å². The van der Waals surface area contributed by atoms with Gasteiger partial charge in [-0.05, 0) is 35.7 Å². The summed E-state index contributed by atoms with van der Waals surface area (Å²) in [6.07, 6.45) is 5.49. The van der Waals surface area contributed by atoms with E-state index in [1.54, 1.807) is 0 Å². The van der Waals surface area contributed by atoms with Crippen molar-refractivity contribution in [3.05, 3.63) is 35.2 Å². The van der Waals surface area contributed by atoms with Gasteiger partial charge in [-0.25, -0.2) is 0 Å². The molecule has 3 nitrogen and oxygen atoms in total. The van der Waals surface area contributed by atoms with Crippen LogP contribution >= 0.6 is 0 Å². The molecule has 1 N–H and O–H groups in total. The molecule has 0 amide bonds. The fraction of sp³-hybridized carbons (Fsp3) is 0.467. The van der Waals surface area contributed by atoms with Gasteiger partial charge in [-0.15, -0.1) is 0 Å². The highest BCUT2D eigenvalue weighted by Gasteiger charge is 2.50. The van der Waals surface area contributed by atoms with Gasteiger partial charge < -0.3 is 0 Å². The summed E-state index contributed by atoms with van der Waals surface area (Å²) in [6, 6.07) is 0. The predicted octanol–water partition coefficient (Wildman–Crippen LogP) is 4.03. The third kappa shape index (κ3) is 2.19. The van der Waals surface area contributed by atoms with Crippen LogP contribution in [0.5, 0.6) is 0 Å². The molecule has 4 rings (SSSR count). The maximum absolute atomic E-state index is 13.4. The van der Waals surface area contributed by atoms with Gasteiger partial charge in [0.05, 0.1) is 6.21 Å². The van der Waals surface area contributed by atoms with E-state index in [4.69, 9.17) is 0 Å². The molecule has 2 atom stereocenters. The van der Waals surface area contributed by atoms with Crippen molar-refractivity contribution in [1.29, 1.82) is 0 Å². The van der Waals surface area contributed by atoms with Gasteiger partial charge >= 0.3 is 0 Å². The lowest BCUT2D eigenvalue weighted by atomic mass is 9.49. The van der Waals surface area contributed by atoms with Crippen LogP contribution < -0.4 is 5.43 Å². The Morgan fingerprint density at radius 3 is 2.41 bits per heavy atom. The van der Waals surface area contributed by atoms with E-state index in [2.05, 4.69) is 23.9 Å². The molecule has 1 fully saturated rings. The molecule has 1 aromatic heterocycles. The van der Waals surface area contributed by atoms with E-state index in [0.717, 1.165) is 18.4 Å². The quantitative estimate of drug-likeness (QED) is 0.396. The minimum Gasteiger partial charge on any atom is -0.272 e.